The Balaban J connectivity index is 1.77. The topological polar surface area (TPSA) is 130 Å². The van der Waals surface area contributed by atoms with Crippen molar-refractivity contribution in [1.29, 1.82) is 0 Å². The molecule has 2 aromatic rings. The zero-order valence-corrected chi connectivity index (χ0v) is 21.2. The molecule has 8 nitrogen and oxygen atoms in total. The van der Waals surface area contributed by atoms with Crippen LogP contribution < -0.4 is 10.0 Å². The molecular formula is C20H28N2O6S4. The molecule has 2 rings (SSSR count). The molecule has 0 spiro atoms. The van der Waals surface area contributed by atoms with Gasteiger partial charge in [-0.05, 0) is 48.4 Å². The van der Waals surface area contributed by atoms with Crippen LogP contribution in [0.2, 0.25) is 0 Å². The van der Waals surface area contributed by atoms with Crippen LogP contribution >= 0.6 is 23.1 Å². The SMILES string of the molecule is CC[C@@H](CO)NS(=O)(=O)c1cccc(CSCCCNC(=O)c2ccc(S(C)(=O)=O)s2)c1. The number of thioether (sulfide) groups is 1. The number of carbonyl (C=O) groups excluding carboxylic acids is 1. The van der Waals surface area contributed by atoms with Crippen molar-refractivity contribution < 1.29 is 26.7 Å². The number of amides is 1. The molecule has 178 valence electrons. The molecular weight excluding hydrogens is 492 g/mol. The van der Waals surface area contributed by atoms with Crippen molar-refractivity contribution in [2.45, 2.75) is 40.7 Å². The summed E-state index contributed by atoms with van der Waals surface area (Å²) < 4.78 is 50.6. The maximum atomic E-state index is 12.5. The smallest absolute Gasteiger partial charge is 0.261 e. The summed E-state index contributed by atoms with van der Waals surface area (Å²) in [6.45, 7) is 2.00. The van der Waals surface area contributed by atoms with E-state index >= 15 is 0 Å². The van der Waals surface area contributed by atoms with E-state index in [1.165, 1.54) is 18.2 Å². The Bertz CT molecular complexity index is 1110. The largest absolute Gasteiger partial charge is 0.395 e. The number of carbonyl (C=O) groups is 1. The van der Waals surface area contributed by atoms with Gasteiger partial charge in [0.2, 0.25) is 10.0 Å². The molecule has 3 N–H and O–H groups in total. The van der Waals surface area contributed by atoms with Crippen LogP contribution in [0.3, 0.4) is 0 Å². The van der Waals surface area contributed by atoms with Gasteiger partial charge in [-0.3, -0.25) is 4.79 Å². The molecule has 0 fully saturated rings. The van der Waals surface area contributed by atoms with E-state index in [1.54, 1.807) is 30.8 Å². The van der Waals surface area contributed by atoms with Gasteiger partial charge in [0.25, 0.3) is 5.91 Å². The second kappa shape index (κ2) is 12.1. The highest BCUT2D eigenvalue weighted by molar-refractivity contribution is 7.98. The Morgan fingerprint density at radius 3 is 2.56 bits per heavy atom. The Hall–Kier alpha value is -1.44. The number of aliphatic hydroxyl groups is 1. The van der Waals surface area contributed by atoms with Gasteiger partial charge in [0.15, 0.2) is 9.84 Å². The van der Waals surface area contributed by atoms with Crippen LogP contribution in [-0.2, 0) is 25.6 Å². The zero-order chi connectivity index (χ0) is 23.8. The minimum atomic E-state index is -3.69. The van der Waals surface area contributed by atoms with Crippen LogP contribution in [0.25, 0.3) is 0 Å². The van der Waals surface area contributed by atoms with Crippen molar-refractivity contribution in [2.75, 3.05) is 25.2 Å². The number of hydrogen-bond acceptors (Lipinski definition) is 8. The summed E-state index contributed by atoms with van der Waals surface area (Å²) in [6, 6.07) is 9.11. The first kappa shape index (κ1) is 26.8. The fourth-order valence-electron chi connectivity index (χ4n) is 2.63. The molecule has 0 aliphatic heterocycles. The third kappa shape index (κ3) is 8.16. The second-order valence-corrected chi connectivity index (χ2v) is 13.3. The number of nitrogens with one attached hydrogen (secondary N) is 2. The summed E-state index contributed by atoms with van der Waals surface area (Å²) in [5.74, 6) is 1.09. The highest BCUT2D eigenvalue weighted by Gasteiger charge is 2.19. The summed E-state index contributed by atoms with van der Waals surface area (Å²) in [5.41, 5.74) is 0.867. The third-order valence-electron chi connectivity index (χ3n) is 4.43. The summed E-state index contributed by atoms with van der Waals surface area (Å²) in [5, 5.41) is 12.0. The number of hydrogen-bond donors (Lipinski definition) is 3. The van der Waals surface area contributed by atoms with E-state index in [0.29, 0.717) is 23.6 Å². The van der Waals surface area contributed by atoms with E-state index in [9.17, 15) is 26.7 Å². The minimum Gasteiger partial charge on any atom is -0.395 e. The average Bonchev–Trinajstić information content (AvgIpc) is 3.25. The van der Waals surface area contributed by atoms with Crippen LogP contribution in [-0.4, -0.2) is 59.1 Å². The van der Waals surface area contributed by atoms with Crippen molar-refractivity contribution in [2.24, 2.45) is 0 Å². The van der Waals surface area contributed by atoms with Crippen LogP contribution in [0, 0.1) is 0 Å². The first-order chi connectivity index (χ1) is 15.1. The first-order valence-corrected chi connectivity index (χ1v) is 15.3. The maximum absolute atomic E-state index is 12.5. The average molecular weight is 521 g/mol. The first-order valence-electron chi connectivity index (χ1n) is 9.94. The van der Waals surface area contributed by atoms with E-state index in [-0.39, 0.29) is 21.6 Å². The fourth-order valence-corrected chi connectivity index (χ4v) is 6.77. The van der Waals surface area contributed by atoms with Crippen LogP contribution in [0.4, 0.5) is 0 Å². The van der Waals surface area contributed by atoms with E-state index in [0.717, 1.165) is 35.3 Å². The van der Waals surface area contributed by atoms with Crippen molar-refractivity contribution >= 4 is 48.9 Å². The number of rotatable bonds is 13. The summed E-state index contributed by atoms with van der Waals surface area (Å²) >= 11 is 2.57. The maximum Gasteiger partial charge on any atom is 0.261 e. The van der Waals surface area contributed by atoms with Crippen molar-refractivity contribution in [1.82, 2.24) is 10.0 Å². The van der Waals surface area contributed by atoms with Crippen molar-refractivity contribution in [3.63, 3.8) is 0 Å². The van der Waals surface area contributed by atoms with E-state index in [4.69, 9.17) is 0 Å². The molecule has 0 aliphatic carbocycles. The Kier molecular flexibility index (Phi) is 10.2. The molecule has 1 amide bonds. The minimum absolute atomic E-state index is 0.166. The summed E-state index contributed by atoms with van der Waals surface area (Å²) in [4.78, 5) is 12.6. The lowest BCUT2D eigenvalue weighted by Gasteiger charge is -2.14. The fraction of sp³-hybridized carbons (Fsp3) is 0.450. The molecule has 1 aromatic carbocycles. The standard InChI is InChI=1S/C20H28N2O6S4/c1-3-16(13-23)22-32(27,28)17-7-4-6-15(12-17)14-29-11-5-10-21-20(24)18-8-9-19(30-18)31(2,25)26/h4,6-9,12,16,22-23H,3,5,10-11,13-14H2,1-2H3,(H,21,24)/t16-/m0/s1. The van der Waals surface area contributed by atoms with Crippen LogP contribution in [0.5, 0.6) is 0 Å². The van der Waals surface area contributed by atoms with Crippen molar-refractivity contribution in [3.8, 4) is 0 Å². The highest BCUT2D eigenvalue weighted by atomic mass is 32.2. The van der Waals surface area contributed by atoms with Gasteiger partial charge >= 0.3 is 0 Å². The Morgan fingerprint density at radius 2 is 1.94 bits per heavy atom. The normalized spacial score (nSPS) is 13.1. The van der Waals surface area contributed by atoms with Gasteiger partial charge in [0.05, 0.1) is 16.4 Å². The molecule has 1 atom stereocenters. The van der Waals surface area contributed by atoms with Crippen LogP contribution in [0.1, 0.15) is 35.0 Å². The van der Waals surface area contributed by atoms with E-state index in [1.807, 2.05) is 6.07 Å². The highest BCUT2D eigenvalue weighted by Crippen LogP contribution is 2.21. The second-order valence-electron chi connectivity index (χ2n) is 7.11. The number of thiophene rings is 1. The number of sulfone groups is 1. The number of aliphatic hydroxyl groups excluding tert-OH is 1. The molecule has 0 unspecified atom stereocenters. The molecule has 32 heavy (non-hydrogen) atoms. The van der Waals surface area contributed by atoms with Gasteiger partial charge in [-0.2, -0.15) is 11.8 Å². The molecule has 1 heterocycles. The van der Waals surface area contributed by atoms with Gasteiger partial charge in [-0.1, -0.05) is 19.1 Å². The number of benzene rings is 1. The predicted octanol–water partition coefficient (Wildman–Crippen LogP) is 2.25. The zero-order valence-electron chi connectivity index (χ0n) is 17.9. The lowest BCUT2D eigenvalue weighted by molar-refractivity contribution is 0.0958. The molecule has 0 saturated heterocycles. The van der Waals surface area contributed by atoms with Crippen molar-refractivity contribution in [3.05, 3.63) is 46.8 Å². The van der Waals surface area contributed by atoms with E-state index < -0.39 is 25.9 Å². The van der Waals surface area contributed by atoms with Gasteiger partial charge in [-0.15, -0.1) is 11.3 Å². The summed E-state index contributed by atoms with van der Waals surface area (Å²) in [6.07, 6.45) is 2.32. The molecule has 1 aromatic heterocycles. The molecule has 12 heteroatoms. The Morgan fingerprint density at radius 1 is 1.19 bits per heavy atom. The number of sulfonamides is 1. The monoisotopic (exact) mass is 520 g/mol. The van der Waals surface area contributed by atoms with Crippen LogP contribution in [0.15, 0.2) is 45.5 Å². The summed E-state index contributed by atoms with van der Waals surface area (Å²) in [7, 11) is -7.01. The predicted molar refractivity (Wildman–Crippen MR) is 128 cm³/mol. The quantitative estimate of drug-likeness (QED) is 0.345. The molecule has 0 bridgehead atoms. The molecule has 0 aliphatic rings. The lowest BCUT2D eigenvalue weighted by atomic mass is 10.2. The van der Waals surface area contributed by atoms with Gasteiger partial charge in [-0.25, -0.2) is 21.6 Å². The lowest BCUT2D eigenvalue weighted by Crippen LogP contribution is -2.36. The van der Waals surface area contributed by atoms with E-state index in [2.05, 4.69) is 10.0 Å². The Labute approximate surface area is 197 Å². The van der Waals surface area contributed by atoms with Gasteiger partial charge < -0.3 is 10.4 Å². The molecule has 0 saturated carbocycles. The van der Waals surface area contributed by atoms with Gasteiger partial charge in [0.1, 0.15) is 4.21 Å². The van der Waals surface area contributed by atoms with Gasteiger partial charge in [0, 0.05) is 24.6 Å². The molecule has 0 radical (unpaired) electrons. The third-order valence-corrected chi connectivity index (χ3v) is 9.97.